The van der Waals surface area contributed by atoms with E-state index in [0.29, 0.717) is 18.4 Å². The van der Waals surface area contributed by atoms with Crippen molar-refractivity contribution in [3.05, 3.63) is 29.8 Å². The standard InChI is InChI=1S/C16H25NO2/c1-5-13(4)14-6-8-15(9-7-14)19-11-16(18)17-10-12(2)3/h6-9,12-13H,5,10-11H2,1-4H3,(H,17,18). The minimum absolute atomic E-state index is 0.0697. The lowest BCUT2D eigenvalue weighted by Crippen LogP contribution is -2.31. The van der Waals surface area contributed by atoms with Crippen molar-refractivity contribution in [1.29, 1.82) is 0 Å². The van der Waals surface area contributed by atoms with Crippen molar-refractivity contribution in [2.45, 2.75) is 40.0 Å². The highest BCUT2D eigenvalue weighted by molar-refractivity contribution is 5.77. The molecule has 0 aliphatic carbocycles. The van der Waals surface area contributed by atoms with Crippen LogP contribution in [0.1, 0.15) is 45.6 Å². The molecular weight excluding hydrogens is 238 g/mol. The number of benzene rings is 1. The molecule has 106 valence electrons. The fourth-order valence-electron chi connectivity index (χ4n) is 1.65. The van der Waals surface area contributed by atoms with Gasteiger partial charge in [-0.3, -0.25) is 4.79 Å². The van der Waals surface area contributed by atoms with Gasteiger partial charge in [0.25, 0.3) is 5.91 Å². The van der Waals surface area contributed by atoms with E-state index in [1.54, 1.807) is 0 Å². The maximum atomic E-state index is 11.5. The smallest absolute Gasteiger partial charge is 0.257 e. The molecule has 0 fully saturated rings. The quantitative estimate of drug-likeness (QED) is 0.819. The molecule has 19 heavy (non-hydrogen) atoms. The summed E-state index contributed by atoms with van der Waals surface area (Å²) in [6, 6.07) is 7.99. The van der Waals surface area contributed by atoms with E-state index in [4.69, 9.17) is 4.74 Å². The van der Waals surface area contributed by atoms with Crippen LogP contribution in [0.25, 0.3) is 0 Å². The van der Waals surface area contributed by atoms with Crippen LogP contribution in [-0.4, -0.2) is 19.1 Å². The summed E-state index contributed by atoms with van der Waals surface area (Å²) in [5.41, 5.74) is 1.30. The molecule has 0 spiro atoms. The van der Waals surface area contributed by atoms with Crippen LogP contribution in [0, 0.1) is 5.92 Å². The van der Waals surface area contributed by atoms with Crippen LogP contribution in [0.5, 0.6) is 5.75 Å². The predicted molar refractivity (Wildman–Crippen MR) is 78.5 cm³/mol. The summed E-state index contributed by atoms with van der Waals surface area (Å²) >= 11 is 0. The molecule has 0 aromatic heterocycles. The maximum absolute atomic E-state index is 11.5. The number of hydrogen-bond donors (Lipinski definition) is 1. The first-order valence-electron chi connectivity index (χ1n) is 7.02. The summed E-state index contributed by atoms with van der Waals surface area (Å²) in [5, 5.41) is 2.83. The van der Waals surface area contributed by atoms with Crippen LogP contribution in [0.15, 0.2) is 24.3 Å². The van der Waals surface area contributed by atoms with Gasteiger partial charge in [0, 0.05) is 6.54 Å². The molecule has 0 aliphatic rings. The average Bonchev–Trinajstić information content (AvgIpc) is 2.42. The molecule has 0 heterocycles. The Morgan fingerprint density at radius 2 is 1.84 bits per heavy atom. The van der Waals surface area contributed by atoms with Gasteiger partial charge in [-0.15, -0.1) is 0 Å². The first-order valence-corrected chi connectivity index (χ1v) is 7.02. The first kappa shape index (κ1) is 15.5. The van der Waals surface area contributed by atoms with Gasteiger partial charge in [-0.2, -0.15) is 0 Å². The summed E-state index contributed by atoms with van der Waals surface area (Å²) in [6.07, 6.45) is 1.12. The number of nitrogens with one attached hydrogen (secondary N) is 1. The summed E-state index contributed by atoms with van der Waals surface area (Å²) in [6.45, 7) is 9.28. The van der Waals surface area contributed by atoms with Crippen molar-refractivity contribution in [3.8, 4) is 5.75 Å². The number of ether oxygens (including phenoxy) is 1. The first-order chi connectivity index (χ1) is 9.02. The lowest BCUT2D eigenvalue weighted by molar-refractivity contribution is -0.123. The van der Waals surface area contributed by atoms with Gasteiger partial charge in [-0.1, -0.05) is 39.8 Å². The van der Waals surface area contributed by atoms with Crippen LogP contribution >= 0.6 is 0 Å². The van der Waals surface area contributed by atoms with E-state index in [-0.39, 0.29) is 12.5 Å². The van der Waals surface area contributed by atoms with Crippen LogP contribution in [0.4, 0.5) is 0 Å². The zero-order valence-electron chi connectivity index (χ0n) is 12.4. The van der Waals surface area contributed by atoms with Crippen molar-refractivity contribution in [2.75, 3.05) is 13.2 Å². The Morgan fingerprint density at radius 3 is 2.37 bits per heavy atom. The van der Waals surface area contributed by atoms with Gasteiger partial charge >= 0.3 is 0 Å². The van der Waals surface area contributed by atoms with E-state index in [2.05, 4.69) is 45.1 Å². The van der Waals surface area contributed by atoms with E-state index in [1.807, 2.05) is 12.1 Å². The van der Waals surface area contributed by atoms with Crippen molar-refractivity contribution in [1.82, 2.24) is 5.32 Å². The van der Waals surface area contributed by atoms with E-state index in [1.165, 1.54) is 5.56 Å². The lowest BCUT2D eigenvalue weighted by atomic mass is 9.99. The molecule has 0 saturated heterocycles. The molecule has 0 aliphatic heterocycles. The highest BCUT2D eigenvalue weighted by Gasteiger charge is 2.05. The topological polar surface area (TPSA) is 38.3 Å². The zero-order valence-corrected chi connectivity index (χ0v) is 12.4. The highest BCUT2D eigenvalue weighted by Crippen LogP contribution is 2.21. The Morgan fingerprint density at radius 1 is 1.21 bits per heavy atom. The third-order valence-corrected chi connectivity index (χ3v) is 3.14. The fourth-order valence-corrected chi connectivity index (χ4v) is 1.65. The second-order valence-corrected chi connectivity index (χ2v) is 5.36. The summed E-state index contributed by atoms with van der Waals surface area (Å²) in [5.74, 6) is 1.69. The molecule has 0 saturated carbocycles. The average molecular weight is 263 g/mol. The van der Waals surface area contributed by atoms with Gasteiger partial charge < -0.3 is 10.1 Å². The SMILES string of the molecule is CCC(C)c1ccc(OCC(=O)NCC(C)C)cc1. The largest absolute Gasteiger partial charge is 0.484 e. The molecule has 1 N–H and O–H groups in total. The van der Waals surface area contributed by atoms with Gasteiger partial charge in [0.2, 0.25) is 0 Å². The van der Waals surface area contributed by atoms with E-state index in [9.17, 15) is 4.79 Å². The molecule has 3 nitrogen and oxygen atoms in total. The minimum Gasteiger partial charge on any atom is -0.484 e. The normalized spacial score (nSPS) is 12.3. The molecule has 1 rings (SSSR count). The summed E-state index contributed by atoms with van der Waals surface area (Å²) in [7, 11) is 0. The van der Waals surface area contributed by atoms with Gasteiger partial charge in [0.15, 0.2) is 6.61 Å². The molecular formula is C16H25NO2. The van der Waals surface area contributed by atoms with Gasteiger partial charge in [-0.25, -0.2) is 0 Å². The number of amides is 1. The Kier molecular flexibility index (Phi) is 6.40. The number of hydrogen-bond acceptors (Lipinski definition) is 2. The third kappa shape index (κ3) is 5.77. The molecule has 0 bridgehead atoms. The maximum Gasteiger partial charge on any atom is 0.257 e. The molecule has 1 amide bonds. The molecule has 1 atom stereocenters. The zero-order chi connectivity index (χ0) is 14.3. The second-order valence-electron chi connectivity index (χ2n) is 5.36. The van der Waals surface area contributed by atoms with Gasteiger partial charge in [-0.05, 0) is 36.0 Å². The Hall–Kier alpha value is -1.51. The van der Waals surface area contributed by atoms with Crippen molar-refractivity contribution < 1.29 is 9.53 Å². The van der Waals surface area contributed by atoms with E-state index in [0.717, 1.165) is 12.2 Å². The lowest BCUT2D eigenvalue weighted by Gasteiger charge is -2.11. The van der Waals surface area contributed by atoms with Crippen LogP contribution < -0.4 is 10.1 Å². The summed E-state index contributed by atoms with van der Waals surface area (Å²) < 4.78 is 5.46. The van der Waals surface area contributed by atoms with Crippen molar-refractivity contribution in [3.63, 3.8) is 0 Å². The van der Waals surface area contributed by atoms with E-state index >= 15 is 0 Å². The molecule has 3 heteroatoms. The minimum atomic E-state index is -0.0697. The third-order valence-electron chi connectivity index (χ3n) is 3.14. The van der Waals surface area contributed by atoms with Gasteiger partial charge in [0.05, 0.1) is 0 Å². The molecule has 1 aromatic carbocycles. The second kappa shape index (κ2) is 7.82. The van der Waals surface area contributed by atoms with Crippen LogP contribution in [0.2, 0.25) is 0 Å². The summed E-state index contributed by atoms with van der Waals surface area (Å²) in [4.78, 5) is 11.5. The van der Waals surface area contributed by atoms with Crippen LogP contribution in [0.3, 0.4) is 0 Å². The fraction of sp³-hybridized carbons (Fsp3) is 0.562. The Labute approximate surface area is 116 Å². The number of rotatable bonds is 7. The number of carbonyl (C=O) groups excluding carboxylic acids is 1. The Balaban J connectivity index is 2.39. The van der Waals surface area contributed by atoms with Gasteiger partial charge in [0.1, 0.15) is 5.75 Å². The Bertz CT molecular complexity index is 384. The van der Waals surface area contributed by atoms with Crippen molar-refractivity contribution >= 4 is 5.91 Å². The molecule has 1 aromatic rings. The number of carbonyl (C=O) groups is 1. The predicted octanol–water partition coefficient (Wildman–Crippen LogP) is 3.35. The van der Waals surface area contributed by atoms with E-state index < -0.39 is 0 Å². The molecule has 1 unspecified atom stereocenters. The highest BCUT2D eigenvalue weighted by atomic mass is 16.5. The van der Waals surface area contributed by atoms with Crippen molar-refractivity contribution in [2.24, 2.45) is 5.92 Å². The monoisotopic (exact) mass is 263 g/mol. The van der Waals surface area contributed by atoms with Crippen LogP contribution in [-0.2, 0) is 4.79 Å². The molecule has 0 radical (unpaired) electrons.